The second kappa shape index (κ2) is 4.62. The van der Waals surface area contributed by atoms with E-state index in [9.17, 15) is 27.2 Å². The van der Waals surface area contributed by atoms with Crippen molar-refractivity contribution >= 4 is 16.9 Å². The third-order valence-electron chi connectivity index (χ3n) is 5.15. The van der Waals surface area contributed by atoms with E-state index in [-0.39, 0.29) is 22.0 Å². The Kier molecular flexibility index (Phi) is 2.97. The van der Waals surface area contributed by atoms with Gasteiger partial charge in [0.15, 0.2) is 11.3 Å². The van der Waals surface area contributed by atoms with E-state index in [1.807, 2.05) is 0 Å². The average molecular weight is 355 g/mol. The lowest BCUT2D eigenvalue weighted by atomic mass is 9.89. The first-order valence-electron chi connectivity index (χ1n) is 7.70. The molecule has 0 bridgehead atoms. The molecule has 8 heteroatoms. The molecule has 0 spiro atoms. The van der Waals surface area contributed by atoms with Crippen molar-refractivity contribution in [2.75, 3.05) is 0 Å². The standard InChI is InChI=1S/C17H13F4NO3/c1-6-12(17(21)4-11(17)19)9(16(20)3-10(16)18)2-7-13(6)22-5-8(14(7)23)15(24)25/h2,5,10-11H,3-4H2,1H3,(H,22,23)(H,24,25). The van der Waals surface area contributed by atoms with Crippen LogP contribution in [-0.4, -0.2) is 28.4 Å². The predicted octanol–water partition coefficient (Wildman–Crippen LogP) is 3.35. The number of nitrogens with one attached hydrogen (secondary N) is 1. The van der Waals surface area contributed by atoms with Gasteiger partial charge in [0.1, 0.15) is 17.9 Å². The largest absolute Gasteiger partial charge is 0.477 e. The minimum atomic E-state index is -2.48. The Morgan fingerprint density at radius 3 is 2.28 bits per heavy atom. The Balaban J connectivity index is 2.09. The number of hydrogen-bond acceptors (Lipinski definition) is 2. The number of benzene rings is 1. The Morgan fingerprint density at radius 2 is 1.80 bits per heavy atom. The van der Waals surface area contributed by atoms with Crippen molar-refractivity contribution in [1.29, 1.82) is 0 Å². The molecule has 0 saturated heterocycles. The van der Waals surface area contributed by atoms with Crippen LogP contribution in [0.15, 0.2) is 17.1 Å². The third-order valence-corrected chi connectivity index (χ3v) is 5.15. The summed E-state index contributed by atoms with van der Waals surface area (Å²) in [6.07, 6.45) is -3.71. The van der Waals surface area contributed by atoms with Crippen molar-refractivity contribution in [3.63, 3.8) is 0 Å². The molecule has 4 atom stereocenters. The first kappa shape index (κ1) is 16.1. The number of aromatic amines is 1. The fourth-order valence-electron chi connectivity index (χ4n) is 3.50. The van der Waals surface area contributed by atoms with Crippen LogP contribution in [0, 0.1) is 6.92 Å². The molecule has 1 aromatic heterocycles. The van der Waals surface area contributed by atoms with Crippen LogP contribution in [0.5, 0.6) is 0 Å². The van der Waals surface area contributed by atoms with Gasteiger partial charge in [-0.3, -0.25) is 4.79 Å². The van der Waals surface area contributed by atoms with E-state index in [4.69, 9.17) is 5.11 Å². The minimum Gasteiger partial charge on any atom is -0.477 e. The maximum absolute atomic E-state index is 14.8. The first-order chi connectivity index (χ1) is 11.6. The van der Waals surface area contributed by atoms with Crippen LogP contribution in [0.3, 0.4) is 0 Å². The monoisotopic (exact) mass is 355 g/mol. The quantitative estimate of drug-likeness (QED) is 0.830. The van der Waals surface area contributed by atoms with Crippen molar-refractivity contribution in [3.8, 4) is 0 Å². The zero-order valence-electron chi connectivity index (χ0n) is 13.0. The van der Waals surface area contributed by atoms with Crippen molar-refractivity contribution < 1.29 is 27.5 Å². The highest BCUT2D eigenvalue weighted by Gasteiger charge is 2.65. The number of hydrogen-bond donors (Lipinski definition) is 2. The molecule has 2 fully saturated rings. The molecule has 25 heavy (non-hydrogen) atoms. The fourth-order valence-corrected chi connectivity index (χ4v) is 3.50. The molecule has 2 N–H and O–H groups in total. The number of carboxylic acid groups (broad SMARTS) is 1. The maximum Gasteiger partial charge on any atom is 0.341 e. The molecule has 0 aliphatic heterocycles. The summed E-state index contributed by atoms with van der Waals surface area (Å²) in [4.78, 5) is 26.1. The number of aromatic nitrogens is 1. The molecular formula is C17H13F4NO3. The van der Waals surface area contributed by atoms with E-state index in [1.165, 1.54) is 6.92 Å². The second-order valence-electron chi connectivity index (χ2n) is 6.75. The van der Waals surface area contributed by atoms with Gasteiger partial charge in [-0.05, 0) is 24.1 Å². The van der Waals surface area contributed by atoms with Gasteiger partial charge in [-0.15, -0.1) is 0 Å². The fraction of sp³-hybridized carbons (Fsp3) is 0.412. The van der Waals surface area contributed by atoms with Gasteiger partial charge in [0.05, 0.1) is 5.52 Å². The van der Waals surface area contributed by atoms with Crippen molar-refractivity contribution in [2.45, 2.75) is 43.4 Å². The normalized spacial score (nSPS) is 33.5. The molecule has 4 nitrogen and oxygen atoms in total. The number of carbonyl (C=O) groups is 1. The Morgan fingerprint density at radius 1 is 1.24 bits per heavy atom. The van der Waals surface area contributed by atoms with Gasteiger partial charge in [0, 0.05) is 30.0 Å². The number of aryl methyl sites for hydroxylation is 1. The molecular weight excluding hydrogens is 342 g/mol. The summed E-state index contributed by atoms with van der Waals surface area (Å²) < 4.78 is 56.8. The molecule has 1 aromatic carbocycles. The number of aromatic carboxylic acids is 1. The van der Waals surface area contributed by atoms with Crippen LogP contribution in [0.4, 0.5) is 17.6 Å². The van der Waals surface area contributed by atoms with Crippen LogP contribution in [0.2, 0.25) is 0 Å². The minimum absolute atomic E-state index is 0.0836. The Hall–Kier alpha value is -2.38. The summed E-state index contributed by atoms with van der Waals surface area (Å²) in [5, 5.41) is 8.85. The summed E-state index contributed by atoms with van der Waals surface area (Å²) in [5.74, 6) is -1.48. The summed E-state index contributed by atoms with van der Waals surface area (Å²) >= 11 is 0. The first-order valence-corrected chi connectivity index (χ1v) is 7.70. The van der Waals surface area contributed by atoms with Gasteiger partial charge >= 0.3 is 5.97 Å². The molecule has 0 radical (unpaired) electrons. The number of alkyl halides is 4. The number of halogens is 4. The predicted molar refractivity (Wildman–Crippen MR) is 80.9 cm³/mol. The number of pyridine rings is 1. The molecule has 4 unspecified atom stereocenters. The molecule has 4 rings (SSSR count). The lowest BCUT2D eigenvalue weighted by Gasteiger charge is -2.20. The van der Waals surface area contributed by atoms with Crippen LogP contribution in [-0.2, 0) is 11.3 Å². The second-order valence-corrected chi connectivity index (χ2v) is 6.75. The van der Waals surface area contributed by atoms with Crippen LogP contribution >= 0.6 is 0 Å². The van der Waals surface area contributed by atoms with Crippen molar-refractivity contribution in [3.05, 3.63) is 44.7 Å². The molecule has 2 aliphatic carbocycles. The van der Waals surface area contributed by atoms with E-state index in [1.54, 1.807) is 0 Å². The zero-order valence-corrected chi connectivity index (χ0v) is 13.0. The highest BCUT2D eigenvalue weighted by atomic mass is 19.2. The van der Waals surface area contributed by atoms with Crippen LogP contribution < -0.4 is 5.43 Å². The van der Waals surface area contributed by atoms with Crippen molar-refractivity contribution in [2.24, 2.45) is 0 Å². The number of carboxylic acids is 1. The topological polar surface area (TPSA) is 70.2 Å². The molecule has 2 aromatic rings. The maximum atomic E-state index is 14.8. The lowest BCUT2D eigenvalue weighted by Crippen LogP contribution is -2.20. The number of fused-ring (bicyclic) bond motifs is 1. The van der Waals surface area contributed by atoms with Crippen LogP contribution in [0.25, 0.3) is 10.9 Å². The van der Waals surface area contributed by atoms with E-state index >= 15 is 0 Å². The van der Waals surface area contributed by atoms with Crippen LogP contribution in [0.1, 0.15) is 39.9 Å². The van der Waals surface area contributed by atoms with Gasteiger partial charge in [0.2, 0.25) is 5.43 Å². The summed E-state index contributed by atoms with van der Waals surface area (Å²) in [6.45, 7) is 1.38. The number of rotatable bonds is 3. The Labute approximate surface area is 138 Å². The van der Waals surface area contributed by atoms with E-state index in [2.05, 4.69) is 4.98 Å². The van der Waals surface area contributed by atoms with Gasteiger partial charge in [-0.2, -0.15) is 0 Å². The smallest absolute Gasteiger partial charge is 0.341 e. The molecule has 0 amide bonds. The summed E-state index contributed by atoms with van der Waals surface area (Å²) in [5.41, 5.74) is -6.88. The highest BCUT2D eigenvalue weighted by molar-refractivity contribution is 5.94. The molecule has 1 heterocycles. The third kappa shape index (κ3) is 1.99. The highest BCUT2D eigenvalue weighted by Crippen LogP contribution is 2.61. The van der Waals surface area contributed by atoms with E-state index in [0.717, 1.165) is 12.3 Å². The van der Waals surface area contributed by atoms with Crippen molar-refractivity contribution in [1.82, 2.24) is 4.98 Å². The van der Waals surface area contributed by atoms with E-state index < -0.39 is 59.0 Å². The SMILES string of the molecule is Cc1c(C2(F)CC2F)c(C2(F)CC2F)cc2c(=O)c(C(=O)O)c[nH]c12. The number of H-pyrrole nitrogens is 1. The Bertz CT molecular complexity index is 1000. The average Bonchev–Trinajstić information content (AvgIpc) is 3.35. The van der Waals surface area contributed by atoms with Gasteiger partial charge in [0.25, 0.3) is 0 Å². The summed E-state index contributed by atoms with van der Waals surface area (Å²) in [6, 6.07) is 0.967. The molecule has 2 aliphatic rings. The summed E-state index contributed by atoms with van der Waals surface area (Å²) in [7, 11) is 0. The van der Waals surface area contributed by atoms with E-state index in [0.29, 0.717) is 0 Å². The van der Waals surface area contributed by atoms with Gasteiger partial charge < -0.3 is 10.1 Å². The lowest BCUT2D eigenvalue weighted by molar-refractivity contribution is 0.0695. The molecule has 2 saturated carbocycles. The zero-order chi connectivity index (χ0) is 18.3. The molecule has 132 valence electrons. The van der Waals surface area contributed by atoms with Gasteiger partial charge in [-0.25, -0.2) is 22.4 Å². The van der Waals surface area contributed by atoms with Gasteiger partial charge in [-0.1, -0.05) is 0 Å².